The molecule has 0 bridgehead atoms. The predicted octanol–water partition coefficient (Wildman–Crippen LogP) is 1.34. The largest absolute Gasteiger partial charge is 0.497 e. The number of amides is 1. The summed E-state index contributed by atoms with van der Waals surface area (Å²) in [5.74, 6) is 0.0706. The molecule has 2 aromatic rings. The lowest BCUT2D eigenvalue weighted by atomic mass is 10.1. The summed E-state index contributed by atoms with van der Waals surface area (Å²) in [7, 11) is 1.58. The first-order chi connectivity index (χ1) is 8.13. The van der Waals surface area contributed by atoms with Gasteiger partial charge in [-0.2, -0.15) is 15.4 Å². The fourth-order valence-electron chi connectivity index (χ4n) is 1.41. The Kier molecular flexibility index (Phi) is 3.10. The second-order valence-corrected chi connectivity index (χ2v) is 4.09. The van der Waals surface area contributed by atoms with Crippen LogP contribution in [-0.4, -0.2) is 28.4 Å². The number of nitrogens with zero attached hydrogens (tertiary/aromatic N) is 2. The van der Waals surface area contributed by atoms with E-state index in [-0.39, 0.29) is 5.69 Å². The molecule has 0 unspecified atom stereocenters. The Labute approximate surface area is 105 Å². The molecule has 6 nitrogen and oxygen atoms in total. The van der Waals surface area contributed by atoms with Crippen molar-refractivity contribution in [1.82, 2.24) is 15.4 Å². The van der Waals surface area contributed by atoms with E-state index < -0.39 is 5.91 Å². The van der Waals surface area contributed by atoms with Gasteiger partial charge in [-0.3, -0.25) is 4.79 Å². The highest BCUT2D eigenvalue weighted by atomic mass is 79.9. The van der Waals surface area contributed by atoms with Crippen molar-refractivity contribution >= 4 is 21.8 Å². The van der Waals surface area contributed by atoms with Gasteiger partial charge in [0.05, 0.1) is 7.11 Å². The van der Waals surface area contributed by atoms with Crippen molar-refractivity contribution < 1.29 is 9.53 Å². The Morgan fingerprint density at radius 3 is 2.82 bits per heavy atom. The molecule has 1 amide bonds. The minimum atomic E-state index is -0.628. The fraction of sp³-hybridized carbons (Fsp3) is 0.100. The van der Waals surface area contributed by atoms with Gasteiger partial charge in [-0.15, -0.1) is 0 Å². The standard InChI is InChI=1S/C10H9BrN4O2/c1-17-5-2-3-6(7(11)4-5)8-9(10(12)16)14-15-13-8/h2-4H,1H3,(H2,12,16)(H,13,14,15). The summed E-state index contributed by atoms with van der Waals surface area (Å²) in [5, 5.41) is 10.0. The lowest BCUT2D eigenvalue weighted by Crippen LogP contribution is -2.12. The summed E-state index contributed by atoms with van der Waals surface area (Å²) in [5.41, 5.74) is 6.43. The van der Waals surface area contributed by atoms with E-state index in [1.807, 2.05) is 0 Å². The fourth-order valence-corrected chi connectivity index (χ4v) is 1.95. The van der Waals surface area contributed by atoms with Gasteiger partial charge in [-0.05, 0) is 34.1 Å². The minimum absolute atomic E-state index is 0.107. The molecule has 0 aliphatic carbocycles. The topological polar surface area (TPSA) is 93.9 Å². The third-order valence-corrected chi connectivity index (χ3v) is 2.87. The first kappa shape index (κ1) is 11.6. The molecule has 0 aliphatic heterocycles. The van der Waals surface area contributed by atoms with Crippen molar-refractivity contribution in [2.24, 2.45) is 5.73 Å². The van der Waals surface area contributed by atoms with Gasteiger partial charge >= 0.3 is 0 Å². The van der Waals surface area contributed by atoms with E-state index in [0.29, 0.717) is 17.0 Å². The molecule has 1 aromatic heterocycles. The summed E-state index contributed by atoms with van der Waals surface area (Å²) in [6.45, 7) is 0. The van der Waals surface area contributed by atoms with E-state index in [1.165, 1.54) is 0 Å². The van der Waals surface area contributed by atoms with E-state index >= 15 is 0 Å². The number of H-pyrrole nitrogens is 1. The Morgan fingerprint density at radius 2 is 2.24 bits per heavy atom. The zero-order valence-electron chi connectivity index (χ0n) is 8.90. The van der Waals surface area contributed by atoms with E-state index in [0.717, 1.165) is 4.47 Å². The van der Waals surface area contributed by atoms with E-state index in [4.69, 9.17) is 10.5 Å². The average Bonchev–Trinajstić information content (AvgIpc) is 2.77. The molecule has 0 saturated heterocycles. The number of hydrogen-bond donors (Lipinski definition) is 2. The van der Waals surface area contributed by atoms with Crippen molar-refractivity contribution in [1.29, 1.82) is 0 Å². The van der Waals surface area contributed by atoms with Gasteiger partial charge in [0.15, 0.2) is 5.69 Å². The number of aromatic amines is 1. The van der Waals surface area contributed by atoms with E-state index in [9.17, 15) is 4.79 Å². The van der Waals surface area contributed by atoms with Crippen LogP contribution >= 0.6 is 15.9 Å². The number of nitrogens with two attached hydrogens (primary N) is 1. The molecule has 0 atom stereocenters. The lowest BCUT2D eigenvalue weighted by molar-refractivity contribution is 0.0996. The van der Waals surface area contributed by atoms with Crippen LogP contribution in [0.4, 0.5) is 0 Å². The van der Waals surface area contributed by atoms with E-state index in [2.05, 4.69) is 31.3 Å². The average molecular weight is 297 g/mol. The molecular formula is C10H9BrN4O2. The van der Waals surface area contributed by atoms with Crippen LogP contribution in [0.3, 0.4) is 0 Å². The number of nitrogens with one attached hydrogen (secondary N) is 1. The number of hydrogen-bond acceptors (Lipinski definition) is 4. The number of carbonyl (C=O) groups is 1. The first-order valence-corrected chi connectivity index (χ1v) is 5.47. The molecule has 1 aromatic carbocycles. The number of benzene rings is 1. The molecule has 0 saturated carbocycles. The zero-order valence-corrected chi connectivity index (χ0v) is 10.5. The van der Waals surface area contributed by atoms with Gasteiger partial charge in [0.1, 0.15) is 11.4 Å². The molecule has 0 radical (unpaired) electrons. The Morgan fingerprint density at radius 1 is 1.47 bits per heavy atom. The van der Waals surface area contributed by atoms with Gasteiger partial charge in [-0.25, -0.2) is 0 Å². The van der Waals surface area contributed by atoms with Gasteiger partial charge in [0.25, 0.3) is 5.91 Å². The molecule has 7 heteroatoms. The van der Waals surface area contributed by atoms with Crippen LogP contribution in [-0.2, 0) is 0 Å². The van der Waals surface area contributed by atoms with Gasteiger partial charge < -0.3 is 10.5 Å². The van der Waals surface area contributed by atoms with Crippen LogP contribution in [0.1, 0.15) is 10.5 Å². The maximum Gasteiger partial charge on any atom is 0.271 e. The molecule has 0 aliphatic rings. The third-order valence-electron chi connectivity index (χ3n) is 2.21. The number of halogens is 1. The van der Waals surface area contributed by atoms with Crippen LogP contribution in [0.25, 0.3) is 11.3 Å². The van der Waals surface area contributed by atoms with Crippen LogP contribution in [0.15, 0.2) is 22.7 Å². The van der Waals surface area contributed by atoms with Crippen LogP contribution in [0.2, 0.25) is 0 Å². The predicted molar refractivity (Wildman–Crippen MR) is 64.6 cm³/mol. The molecule has 0 spiro atoms. The summed E-state index contributed by atoms with van der Waals surface area (Å²) in [4.78, 5) is 11.2. The maximum atomic E-state index is 11.2. The third kappa shape index (κ3) is 2.14. The number of methoxy groups -OCH3 is 1. The molecule has 0 fully saturated rings. The van der Waals surface area contributed by atoms with Crippen LogP contribution in [0, 0.1) is 0 Å². The van der Waals surface area contributed by atoms with E-state index in [1.54, 1.807) is 25.3 Å². The normalized spacial score (nSPS) is 10.2. The molecule has 2 rings (SSSR count). The van der Waals surface area contributed by atoms with Crippen LogP contribution < -0.4 is 10.5 Å². The van der Waals surface area contributed by atoms with Crippen LogP contribution in [0.5, 0.6) is 5.75 Å². The second-order valence-electron chi connectivity index (χ2n) is 3.23. The zero-order chi connectivity index (χ0) is 12.4. The highest BCUT2D eigenvalue weighted by molar-refractivity contribution is 9.10. The molecule has 88 valence electrons. The molecular weight excluding hydrogens is 288 g/mol. The van der Waals surface area contributed by atoms with Crippen molar-refractivity contribution in [3.63, 3.8) is 0 Å². The summed E-state index contributed by atoms with van der Waals surface area (Å²) in [6, 6.07) is 5.31. The molecule has 3 N–H and O–H groups in total. The van der Waals surface area contributed by atoms with Crippen molar-refractivity contribution in [3.05, 3.63) is 28.4 Å². The highest BCUT2D eigenvalue weighted by Gasteiger charge is 2.17. The summed E-state index contributed by atoms with van der Waals surface area (Å²) < 4.78 is 5.82. The van der Waals surface area contributed by atoms with Gasteiger partial charge in [0.2, 0.25) is 0 Å². The number of primary amides is 1. The number of carbonyl (C=O) groups excluding carboxylic acids is 1. The number of rotatable bonds is 3. The Bertz CT molecular complexity index is 567. The highest BCUT2D eigenvalue weighted by Crippen LogP contribution is 2.31. The molecule has 1 heterocycles. The van der Waals surface area contributed by atoms with Crippen molar-refractivity contribution in [3.8, 4) is 17.0 Å². The maximum absolute atomic E-state index is 11.2. The number of ether oxygens (including phenoxy) is 1. The second kappa shape index (κ2) is 4.54. The quantitative estimate of drug-likeness (QED) is 0.894. The minimum Gasteiger partial charge on any atom is -0.497 e. The smallest absolute Gasteiger partial charge is 0.271 e. The number of aromatic nitrogens is 3. The van der Waals surface area contributed by atoms with Crippen molar-refractivity contribution in [2.75, 3.05) is 7.11 Å². The van der Waals surface area contributed by atoms with Gasteiger partial charge in [0, 0.05) is 10.0 Å². The Balaban J connectivity index is 2.53. The van der Waals surface area contributed by atoms with Gasteiger partial charge in [-0.1, -0.05) is 0 Å². The summed E-state index contributed by atoms with van der Waals surface area (Å²) in [6.07, 6.45) is 0. The Hall–Kier alpha value is -1.89. The lowest BCUT2D eigenvalue weighted by Gasteiger charge is -2.04. The molecule has 17 heavy (non-hydrogen) atoms. The first-order valence-electron chi connectivity index (χ1n) is 4.68. The summed E-state index contributed by atoms with van der Waals surface area (Å²) >= 11 is 3.38. The monoisotopic (exact) mass is 296 g/mol. The van der Waals surface area contributed by atoms with Crippen molar-refractivity contribution in [2.45, 2.75) is 0 Å². The SMILES string of the molecule is COc1ccc(-c2n[nH]nc2C(N)=O)c(Br)c1.